The third-order valence-electron chi connectivity index (χ3n) is 3.93. The van der Waals surface area contributed by atoms with Crippen LogP contribution in [-0.2, 0) is 4.43 Å². The van der Waals surface area contributed by atoms with Gasteiger partial charge in [-0.15, -0.1) is 0 Å². The van der Waals surface area contributed by atoms with Crippen molar-refractivity contribution in [1.29, 1.82) is 0 Å². The molecule has 0 heterocycles. The average molecular weight is 229 g/mol. The molecule has 1 saturated carbocycles. The third kappa shape index (κ3) is 3.57. The van der Waals surface area contributed by atoms with Crippen molar-refractivity contribution in [3.63, 3.8) is 0 Å². The lowest BCUT2D eigenvalue weighted by atomic mass is 9.94. The van der Waals surface area contributed by atoms with Gasteiger partial charge in [-0.05, 0) is 43.8 Å². The first-order valence-electron chi connectivity index (χ1n) is 6.16. The molecule has 2 nitrogen and oxygen atoms in total. The van der Waals surface area contributed by atoms with E-state index in [0.29, 0.717) is 17.2 Å². The van der Waals surface area contributed by atoms with Gasteiger partial charge in [0.05, 0.1) is 0 Å². The van der Waals surface area contributed by atoms with E-state index in [4.69, 9.17) is 10.2 Å². The Morgan fingerprint density at radius 2 is 1.80 bits per heavy atom. The Bertz CT molecular complexity index is 210. The second kappa shape index (κ2) is 4.56. The second-order valence-corrected chi connectivity index (χ2v) is 11.2. The molecule has 0 aliphatic heterocycles. The van der Waals surface area contributed by atoms with Crippen LogP contribution in [0.15, 0.2) is 0 Å². The maximum atomic E-state index is 6.37. The van der Waals surface area contributed by atoms with Crippen LogP contribution in [0.2, 0.25) is 18.1 Å². The maximum absolute atomic E-state index is 6.37. The fraction of sp³-hybridized carbons (Fsp3) is 1.00. The normalized spacial score (nSPS) is 29.2. The van der Waals surface area contributed by atoms with Gasteiger partial charge < -0.3 is 10.2 Å². The van der Waals surface area contributed by atoms with Gasteiger partial charge in [-0.1, -0.05) is 20.8 Å². The number of rotatable bonds is 2. The molecule has 0 amide bonds. The summed E-state index contributed by atoms with van der Waals surface area (Å²) in [6, 6.07) is 0.369. The first-order valence-corrected chi connectivity index (χ1v) is 9.06. The van der Waals surface area contributed by atoms with Crippen molar-refractivity contribution >= 4 is 8.32 Å². The lowest BCUT2D eigenvalue weighted by molar-refractivity contribution is 0.128. The minimum absolute atomic E-state index is 0.314. The van der Waals surface area contributed by atoms with Crippen LogP contribution in [0.3, 0.4) is 0 Å². The summed E-state index contributed by atoms with van der Waals surface area (Å²) in [5, 5.41) is 0.314. The van der Waals surface area contributed by atoms with Crippen LogP contribution in [-0.4, -0.2) is 20.5 Å². The predicted molar refractivity (Wildman–Crippen MR) is 68.5 cm³/mol. The van der Waals surface area contributed by atoms with Crippen LogP contribution in [0.1, 0.15) is 46.5 Å². The molecule has 0 aromatic carbocycles. The zero-order valence-corrected chi connectivity index (χ0v) is 12.0. The quantitative estimate of drug-likeness (QED) is 0.738. The molecule has 0 aromatic rings. The van der Waals surface area contributed by atoms with Crippen LogP contribution < -0.4 is 5.73 Å². The molecule has 1 rings (SSSR count). The summed E-state index contributed by atoms with van der Waals surface area (Å²) in [7, 11) is -1.58. The van der Waals surface area contributed by atoms with Crippen LogP contribution in [0.4, 0.5) is 0 Å². The van der Waals surface area contributed by atoms with Gasteiger partial charge in [-0.25, -0.2) is 0 Å². The molecule has 1 fully saturated rings. The summed E-state index contributed by atoms with van der Waals surface area (Å²) < 4.78 is 6.37. The predicted octanol–water partition coefficient (Wildman–Crippen LogP) is 3.28. The summed E-state index contributed by atoms with van der Waals surface area (Å²) in [6.07, 6.45) is 5.11. The topological polar surface area (TPSA) is 35.2 Å². The molecule has 0 saturated heterocycles. The van der Waals surface area contributed by atoms with Crippen molar-refractivity contribution in [3.05, 3.63) is 0 Å². The molecule has 0 unspecified atom stereocenters. The van der Waals surface area contributed by atoms with Crippen molar-refractivity contribution in [2.75, 3.05) is 0 Å². The van der Waals surface area contributed by atoms with Crippen LogP contribution in [0, 0.1) is 0 Å². The summed E-state index contributed by atoms with van der Waals surface area (Å²) >= 11 is 0. The molecular weight excluding hydrogens is 202 g/mol. The van der Waals surface area contributed by atoms with E-state index in [9.17, 15) is 0 Å². The van der Waals surface area contributed by atoms with Crippen molar-refractivity contribution in [2.45, 2.75) is 76.7 Å². The summed E-state index contributed by atoms with van der Waals surface area (Å²) in [4.78, 5) is 0. The highest BCUT2D eigenvalue weighted by Crippen LogP contribution is 2.38. The van der Waals surface area contributed by atoms with Gasteiger partial charge in [0.2, 0.25) is 0 Å². The van der Waals surface area contributed by atoms with E-state index < -0.39 is 8.32 Å². The van der Waals surface area contributed by atoms with Crippen molar-refractivity contribution in [1.82, 2.24) is 0 Å². The van der Waals surface area contributed by atoms with Gasteiger partial charge in [0.25, 0.3) is 0 Å². The average Bonchev–Trinajstić information content (AvgIpc) is 2.00. The Labute approximate surface area is 95.7 Å². The molecule has 0 bridgehead atoms. The van der Waals surface area contributed by atoms with Gasteiger partial charge in [-0.2, -0.15) is 0 Å². The minimum atomic E-state index is -1.58. The SMILES string of the molecule is CC(C)(C)[Si](C)(C)O[C@@H]1CCC[C@H](N)C1. The lowest BCUT2D eigenvalue weighted by Gasteiger charge is -2.41. The lowest BCUT2D eigenvalue weighted by Crippen LogP contribution is -2.46. The largest absolute Gasteiger partial charge is 0.414 e. The molecule has 0 radical (unpaired) electrons. The van der Waals surface area contributed by atoms with E-state index in [-0.39, 0.29) is 0 Å². The zero-order chi connectivity index (χ0) is 11.7. The molecular formula is C12H27NOSi. The molecule has 15 heavy (non-hydrogen) atoms. The highest BCUT2D eigenvalue weighted by atomic mass is 28.4. The van der Waals surface area contributed by atoms with Gasteiger partial charge in [0.15, 0.2) is 8.32 Å². The van der Waals surface area contributed by atoms with E-state index in [1.54, 1.807) is 0 Å². The monoisotopic (exact) mass is 229 g/mol. The van der Waals surface area contributed by atoms with E-state index in [0.717, 1.165) is 6.42 Å². The molecule has 2 N–H and O–H groups in total. The molecule has 90 valence electrons. The van der Waals surface area contributed by atoms with Crippen molar-refractivity contribution in [2.24, 2.45) is 5.73 Å². The van der Waals surface area contributed by atoms with Crippen molar-refractivity contribution in [3.8, 4) is 0 Å². The zero-order valence-electron chi connectivity index (χ0n) is 11.0. The first kappa shape index (κ1) is 13.2. The van der Waals surface area contributed by atoms with E-state index in [1.807, 2.05) is 0 Å². The van der Waals surface area contributed by atoms with Gasteiger partial charge in [0, 0.05) is 12.1 Å². The van der Waals surface area contributed by atoms with Gasteiger partial charge in [0.1, 0.15) is 0 Å². The van der Waals surface area contributed by atoms with Crippen LogP contribution in [0.5, 0.6) is 0 Å². The smallest absolute Gasteiger partial charge is 0.192 e. The molecule has 2 atom stereocenters. The Morgan fingerprint density at radius 1 is 1.20 bits per heavy atom. The van der Waals surface area contributed by atoms with E-state index in [2.05, 4.69) is 33.9 Å². The number of hydrogen-bond acceptors (Lipinski definition) is 2. The second-order valence-electron chi connectivity index (χ2n) is 6.43. The Morgan fingerprint density at radius 3 is 2.27 bits per heavy atom. The molecule has 0 spiro atoms. The van der Waals surface area contributed by atoms with Crippen LogP contribution >= 0.6 is 0 Å². The highest BCUT2D eigenvalue weighted by Gasteiger charge is 2.39. The Hall–Kier alpha value is 0.137. The summed E-state index contributed by atoms with van der Waals surface area (Å²) in [5.74, 6) is 0. The van der Waals surface area contributed by atoms with Crippen molar-refractivity contribution < 1.29 is 4.43 Å². The van der Waals surface area contributed by atoms with E-state index >= 15 is 0 Å². The minimum Gasteiger partial charge on any atom is -0.414 e. The fourth-order valence-corrected chi connectivity index (χ4v) is 3.28. The summed E-state index contributed by atoms with van der Waals surface area (Å²) in [6.45, 7) is 11.5. The van der Waals surface area contributed by atoms with E-state index in [1.165, 1.54) is 19.3 Å². The number of nitrogens with two attached hydrogens (primary N) is 1. The van der Waals surface area contributed by atoms with Gasteiger partial charge >= 0.3 is 0 Å². The molecule has 0 aromatic heterocycles. The standard InChI is InChI=1S/C12H27NOSi/c1-12(2,3)15(4,5)14-11-8-6-7-10(13)9-11/h10-11H,6-9,13H2,1-5H3/t10-,11+/m0/s1. The molecule has 1 aliphatic rings. The summed E-state index contributed by atoms with van der Waals surface area (Å²) in [5.41, 5.74) is 5.99. The molecule has 1 aliphatic carbocycles. The molecule has 3 heteroatoms. The third-order valence-corrected chi connectivity index (χ3v) is 8.47. The maximum Gasteiger partial charge on any atom is 0.192 e. The Kier molecular flexibility index (Phi) is 4.01. The first-order chi connectivity index (χ1) is 6.72. The Balaban J connectivity index is 2.53. The highest BCUT2D eigenvalue weighted by molar-refractivity contribution is 6.74. The fourth-order valence-electron chi connectivity index (χ4n) is 1.88. The van der Waals surface area contributed by atoms with Gasteiger partial charge in [-0.3, -0.25) is 0 Å². The van der Waals surface area contributed by atoms with Crippen LogP contribution in [0.25, 0.3) is 0 Å². The number of hydrogen-bond donors (Lipinski definition) is 1.